The molecule has 1 heterocycles. The molecule has 0 fully saturated rings. The third-order valence-corrected chi connectivity index (χ3v) is 3.55. The maximum absolute atomic E-state index is 12.1. The lowest BCUT2D eigenvalue weighted by Gasteiger charge is -2.32. The van der Waals surface area contributed by atoms with Gasteiger partial charge in [0.25, 0.3) is 5.91 Å². The van der Waals surface area contributed by atoms with Gasteiger partial charge in [0, 0.05) is 0 Å². The second-order valence-corrected chi connectivity index (χ2v) is 4.82. The highest BCUT2D eigenvalue weighted by molar-refractivity contribution is 6.19. The van der Waals surface area contributed by atoms with Gasteiger partial charge in [-0.25, -0.2) is 0 Å². The van der Waals surface area contributed by atoms with E-state index in [2.05, 4.69) is 10.3 Å². The molecule has 1 aliphatic heterocycles. The molecular weight excluding hydrogens is 218 g/mol. The van der Waals surface area contributed by atoms with E-state index in [1.807, 2.05) is 27.7 Å². The Balaban J connectivity index is 3.07. The fourth-order valence-electron chi connectivity index (χ4n) is 1.92. The topological polar surface area (TPSA) is 84.6 Å². The van der Waals surface area contributed by atoms with Gasteiger partial charge in [-0.1, -0.05) is 27.7 Å². The number of rotatable bonds is 4. The lowest BCUT2D eigenvalue weighted by atomic mass is 9.79. The van der Waals surface area contributed by atoms with Crippen molar-refractivity contribution in [3.8, 4) is 0 Å². The molecule has 17 heavy (non-hydrogen) atoms. The predicted octanol–water partition coefficient (Wildman–Crippen LogP) is 0.831. The third-order valence-electron chi connectivity index (χ3n) is 3.55. The molecule has 0 radical (unpaired) electrons. The quantitative estimate of drug-likeness (QED) is 0.713. The molecule has 3 N–H and O–H groups in total. The average Bonchev–Trinajstić information content (AvgIpc) is 2.28. The van der Waals surface area contributed by atoms with Gasteiger partial charge in [-0.05, 0) is 18.8 Å². The van der Waals surface area contributed by atoms with E-state index in [1.54, 1.807) is 0 Å². The number of aliphatic imine (C=N–C) groups is 1. The SMILES string of the molecule is CCC1(CC)C(=O)N=C(C(N)C(C)C)NC1=O. The van der Waals surface area contributed by atoms with Gasteiger partial charge >= 0.3 is 0 Å². The van der Waals surface area contributed by atoms with Crippen LogP contribution in [0, 0.1) is 11.3 Å². The van der Waals surface area contributed by atoms with Crippen molar-refractivity contribution in [2.75, 3.05) is 0 Å². The Bertz CT molecular complexity index is 357. The fourth-order valence-corrected chi connectivity index (χ4v) is 1.92. The van der Waals surface area contributed by atoms with E-state index in [0.717, 1.165) is 0 Å². The molecule has 2 amide bonds. The molecule has 1 aliphatic rings. The van der Waals surface area contributed by atoms with Gasteiger partial charge in [-0.15, -0.1) is 0 Å². The Morgan fingerprint density at radius 3 is 2.18 bits per heavy atom. The largest absolute Gasteiger partial charge is 0.321 e. The zero-order valence-electron chi connectivity index (χ0n) is 10.9. The van der Waals surface area contributed by atoms with Crippen molar-refractivity contribution in [2.45, 2.75) is 46.6 Å². The van der Waals surface area contributed by atoms with E-state index >= 15 is 0 Å². The molecule has 0 spiro atoms. The van der Waals surface area contributed by atoms with Gasteiger partial charge in [-0.2, -0.15) is 4.99 Å². The standard InChI is InChI=1S/C12H21N3O2/c1-5-12(6-2)10(16)14-9(15-11(12)17)8(13)7(3)4/h7-8H,5-6,13H2,1-4H3,(H,14,15,16,17). The van der Waals surface area contributed by atoms with Crippen LogP contribution in [0.5, 0.6) is 0 Å². The second-order valence-electron chi connectivity index (χ2n) is 4.82. The van der Waals surface area contributed by atoms with Crippen LogP contribution >= 0.6 is 0 Å². The molecule has 1 atom stereocenters. The number of hydrogen-bond donors (Lipinski definition) is 2. The molecule has 5 nitrogen and oxygen atoms in total. The van der Waals surface area contributed by atoms with E-state index in [-0.39, 0.29) is 17.7 Å². The number of amides is 2. The van der Waals surface area contributed by atoms with Crippen molar-refractivity contribution in [3.63, 3.8) is 0 Å². The lowest BCUT2D eigenvalue weighted by molar-refractivity contribution is -0.142. The zero-order chi connectivity index (χ0) is 13.2. The summed E-state index contributed by atoms with van der Waals surface area (Å²) in [6.07, 6.45) is 0.920. The summed E-state index contributed by atoms with van der Waals surface area (Å²) in [5.41, 5.74) is 4.89. The van der Waals surface area contributed by atoms with Crippen molar-refractivity contribution in [1.29, 1.82) is 0 Å². The Morgan fingerprint density at radius 2 is 1.82 bits per heavy atom. The van der Waals surface area contributed by atoms with Crippen LogP contribution in [-0.2, 0) is 9.59 Å². The van der Waals surface area contributed by atoms with Gasteiger partial charge in [0.15, 0.2) is 0 Å². The number of carbonyl (C=O) groups excluding carboxylic acids is 2. The van der Waals surface area contributed by atoms with Crippen LogP contribution in [0.25, 0.3) is 0 Å². The molecule has 1 unspecified atom stereocenters. The first-order valence-electron chi connectivity index (χ1n) is 6.09. The molecule has 96 valence electrons. The molecular formula is C12H21N3O2. The summed E-state index contributed by atoms with van der Waals surface area (Å²) in [6.45, 7) is 7.49. The summed E-state index contributed by atoms with van der Waals surface area (Å²) in [4.78, 5) is 28.1. The van der Waals surface area contributed by atoms with Crippen molar-refractivity contribution in [3.05, 3.63) is 0 Å². The normalized spacial score (nSPS) is 21.2. The molecule has 5 heteroatoms. The van der Waals surface area contributed by atoms with Crippen LogP contribution in [-0.4, -0.2) is 23.7 Å². The molecule has 0 bridgehead atoms. The maximum Gasteiger partial charge on any atom is 0.263 e. The Hall–Kier alpha value is -1.23. The summed E-state index contributed by atoms with van der Waals surface area (Å²) >= 11 is 0. The van der Waals surface area contributed by atoms with E-state index in [1.165, 1.54) is 0 Å². The van der Waals surface area contributed by atoms with Crippen LogP contribution in [0.3, 0.4) is 0 Å². The highest BCUT2D eigenvalue weighted by atomic mass is 16.2. The summed E-state index contributed by atoms with van der Waals surface area (Å²) in [7, 11) is 0. The van der Waals surface area contributed by atoms with Gasteiger partial charge in [0.2, 0.25) is 5.91 Å². The van der Waals surface area contributed by atoms with E-state index in [4.69, 9.17) is 5.73 Å². The predicted molar refractivity (Wildman–Crippen MR) is 66.4 cm³/mol. The molecule has 0 aliphatic carbocycles. The monoisotopic (exact) mass is 239 g/mol. The Kier molecular flexibility index (Phi) is 4.03. The first-order valence-corrected chi connectivity index (χ1v) is 6.09. The zero-order valence-corrected chi connectivity index (χ0v) is 10.9. The molecule has 0 aromatic rings. The number of nitrogens with one attached hydrogen (secondary N) is 1. The number of amidine groups is 1. The third kappa shape index (κ3) is 2.24. The Labute approximate surface area is 102 Å². The fraction of sp³-hybridized carbons (Fsp3) is 0.750. The van der Waals surface area contributed by atoms with Gasteiger partial charge < -0.3 is 11.1 Å². The second kappa shape index (κ2) is 4.96. The van der Waals surface area contributed by atoms with Crippen LogP contribution in [0.15, 0.2) is 4.99 Å². The first-order chi connectivity index (χ1) is 7.89. The lowest BCUT2D eigenvalue weighted by Crippen LogP contribution is -2.57. The molecule has 1 rings (SSSR count). The smallest absolute Gasteiger partial charge is 0.263 e. The van der Waals surface area contributed by atoms with Crippen molar-refractivity contribution in [2.24, 2.45) is 22.1 Å². The number of hydrogen-bond acceptors (Lipinski definition) is 3. The average molecular weight is 239 g/mol. The number of nitrogens with zero attached hydrogens (tertiary/aromatic N) is 1. The van der Waals surface area contributed by atoms with E-state index in [9.17, 15) is 9.59 Å². The molecule has 0 saturated carbocycles. The van der Waals surface area contributed by atoms with Crippen molar-refractivity contribution >= 4 is 17.6 Å². The van der Waals surface area contributed by atoms with Crippen LogP contribution in [0.4, 0.5) is 0 Å². The van der Waals surface area contributed by atoms with Crippen molar-refractivity contribution in [1.82, 2.24) is 5.32 Å². The maximum atomic E-state index is 12.1. The molecule has 0 aromatic heterocycles. The van der Waals surface area contributed by atoms with E-state index in [0.29, 0.717) is 18.7 Å². The van der Waals surface area contributed by atoms with Crippen LogP contribution in [0.1, 0.15) is 40.5 Å². The first kappa shape index (κ1) is 13.8. The van der Waals surface area contributed by atoms with Crippen molar-refractivity contribution < 1.29 is 9.59 Å². The van der Waals surface area contributed by atoms with E-state index < -0.39 is 11.5 Å². The number of carbonyl (C=O) groups is 2. The number of nitrogens with two attached hydrogens (primary N) is 1. The van der Waals surface area contributed by atoms with Gasteiger partial charge in [0.1, 0.15) is 11.3 Å². The Morgan fingerprint density at radius 1 is 1.29 bits per heavy atom. The summed E-state index contributed by atoms with van der Waals surface area (Å²) in [5.74, 6) is -0.212. The van der Waals surface area contributed by atoms with Gasteiger partial charge in [0.05, 0.1) is 6.04 Å². The summed E-state index contributed by atoms with van der Waals surface area (Å²) in [6, 6.07) is -0.408. The van der Waals surface area contributed by atoms with Crippen LogP contribution < -0.4 is 11.1 Å². The summed E-state index contributed by atoms with van der Waals surface area (Å²) < 4.78 is 0. The summed E-state index contributed by atoms with van der Waals surface area (Å²) in [5, 5.41) is 2.69. The highest BCUT2D eigenvalue weighted by Gasteiger charge is 2.46. The molecule has 0 aromatic carbocycles. The minimum atomic E-state index is -1.000. The molecule has 0 saturated heterocycles. The minimum absolute atomic E-state index is 0.123. The van der Waals surface area contributed by atoms with Crippen LogP contribution in [0.2, 0.25) is 0 Å². The van der Waals surface area contributed by atoms with Gasteiger partial charge in [-0.3, -0.25) is 9.59 Å². The highest BCUT2D eigenvalue weighted by Crippen LogP contribution is 2.30. The minimum Gasteiger partial charge on any atom is -0.321 e.